The molecule has 2 rings (SSSR count). The monoisotopic (exact) mass is 259 g/mol. The fourth-order valence-electron chi connectivity index (χ4n) is 3.03. The molecule has 2 nitrogen and oxygen atoms in total. The fourth-order valence-corrected chi connectivity index (χ4v) is 3.03. The van der Waals surface area contributed by atoms with Gasteiger partial charge in [-0.1, -0.05) is 36.8 Å². The standard InChI is InChI=1S/C17H25NO/c1-13-6-8-16(9-7-13)17(11-15(3)19)18-10-4-5-14(2)12-18/h6-9,14,17H,4-5,10-12H2,1-3H3. The van der Waals surface area contributed by atoms with Gasteiger partial charge < -0.3 is 0 Å². The summed E-state index contributed by atoms with van der Waals surface area (Å²) in [6.45, 7) is 8.36. The number of hydrogen-bond acceptors (Lipinski definition) is 2. The van der Waals surface area contributed by atoms with E-state index in [4.69, 9.17) is 0 Å². The molecule has 2 unspecified atom stereocenters. The minimum Gasteiger partial charge on any atom is -0.300 e. The maximum Gasteiger partial charge on any atom is 0.131 e. The number of carbonyl (C=O) groups excluding carboxylic acids is 1. The van der Waals surface area contributed by atoms with Gasteiger partial charge in [-0.25, -0.2) is 0 Å². The number of ketones is 1. The van der Waals surface area contributed by atoms with Gasteiger partial charge in [0.15, 0.2) is 0 Å². The lowest BCUT2D eigenvalue weighted by Crippen LogP contribution is -2.38. The van der Waals surface area contributed by atoms with Crippen LogP contribution in [0.15, 0.2) is 24.3 Å². The Morgan fingerprint density at radius 1 is 1.37 bits per heavy atom. The van der Waals surface area contributed by atoms with Gasteiger partial charge in [0.2, 0.25) is 0 Å². The highest BCUT2D eigenvalue weighted by atomic mass is 16.1. The summed E-state index contributed by atoms with van der Waals surface area (Å²) >= 11 is 0. The Kier molecular flexibility index (Phi) is 4.76. The Hall–Kier alpha value is -1.15. The summed E-state index contributed by atoms with van der Waals surface area (Å²) in [7, 11) is 0. The number of nitrogens with zero attached hydrogens (tertiary/aromatic N) is 1. The molecule has 104 valence electrons. The Bertz CT molecular complexity index is 423. The maximum absolute atomic E-state index is 11.6. The lowest BCUT2D eigenvalue weighted by molar-refractivity contribution is -0.118. The van der Waals surface area contributed by atoms with Crippen LogP contribution in [-0.4, -0.2) is 23.8 Å². The molecule has 1 aliphatic heterocycles. The highest BCUT2D eigenvalue weighted by Crippen LogP contribution is 2.29. The predicted molar refractivity (Wildman–Crippen MR) is 79.2 cm³/mol. The van der Waals surface area contributed by atoms with Crippen molar-refractivity contribution in [3.63, 3.8) is 0 Å². The number of benzene rings is 1. The van der Waals surface area contributed by atoms with Crippen molar-refractivity contribution in [2.24, 2.45) is 5.92 Å². The third kappa shape index (κ3) is 3.90. The molecule has 1 aliphatic rings. The molecule has 1 aromatic rings. The van der Waals surface area contributed by atoms with Gasteiger partial charge in [0.25, 0.3) is 0 Å². The van der Waals surface area contributed by atoms with E-state index in [1.54, 1.807) is 6.92 Å². The first kappa shape index (κ1) is 14.3. The fraction of sp³-hybridized carbons (Fsp3) is 0.588. The van der Waals surface area contributed by atoms with E-state index < -0.39 is 0 Å². The smallest absolute Gasteiger partial charge is 0.131 e. The quantitative estimate of drug-likeness (QED) is 0.821. The zero-order chi connectivity index (χ0) is 13.8. The van der Waals surface area contributed by atoms with Crippen LogP contribution in [0.4, 0.5) is 0 Å². The van der Waals surface area contributed by atoms with Gasteiger partial charge in [-0.3, -0.25) is 9.69 Å². The second-order valence-electron chi connectivity index (χ2n) is 6.07. The minimum absolute atomic E-state index is 0.265. The molecular weight excluding hydrogens is 234 g/mol. The Labute approximate surface area is 116 Å². The van der Waals surface area contributed by atoms with Crippen molar-refractivity contribution < 1.29 is 4.79 Å². The Morgan fingerprint density at radius 2 is 2.05 bits per heavy atom. The summed E-state index contributed by atoms with van der Waals surface area (Å²) in [4.78, 5) is 14.1. The number of aryl methyl sites for hydroxylation is 1. The number of carbonyl (C=O) groups is 1. The highest BCUT2D eigenvalue weighted by Gasteiger charge is 2.25. The van der Waals surface area contributed by atoms with E-state index in [-0.39, 0.29) is 11.8 Å². The normalized spacial score (nSPS) is 22.2. The Balaban J connectivity index is 2.19. The number of hydrogen-bond donors (Lipinski definition) is 0. The van der Waals surface area contributed by atoms with Crippen molar-refractivity contribution in [2.45, 2.75) is 46.1 Å². The zero-order valence-electron chi connectivity index (χ0n) is 12.4. The van der Waals surface area contributed by atoms with Gasteiger partial charge in [0.1, 0.15) is 5.78 Å². The average molecular weight is 259 g/mol. The van der Waals surface area contributed by atoms with Gasteiger partial charge in [-0.15, -0.1) is 0 Å². The van der Waals surface area contributed by atoms with Crippen LogP contribution in [0, 0.1) is 12.8 Å². The van der Waals surface area contributed by atoms with Crippen LogP contribution in [-0.2, 0) is 4.79 Å². The summed E-state index contributed by atoms with van der Waals surface area (Å²) in [5, 5.41) is 0. The third-order valence-electron chi connectivity index (χ3n) is 4.07. The van der Waals surface area contributed by atoms with Crippen LogP contribution in [0.25, 0.3) is 0 Å². The van der Waals surface area contributed by atoms with E-state index in [9.17, 15) is 4.79 Å². The van der Waals surface area contributed by atoms with Crippen molar-refractivity contribution in [1.29, 1.82) is 0 Å². The van der Waals surface area contributed by atoms with Gasteiger partial charge >= 0.3 is 0 Å². The molecular formula is C17H25NO. The molecule has 0 amide bonds. The van der Waals surface area contributed by atoms with E-state index in [1.165, 1.54) is 24.0 Å². The minimum atomic E-state index is 0.265. The molecule has 1 fully saturated rings. The molecule has 0 aliphatic carbocycles. The van der Waals surface area contributed by atoms with Gasteiger partial charge in [-0.2, -0.15) is 0 Å². The van der Waals surface area contributed by atoms with Crippen molar-refractivity contribution in [2.75, 3.05) is 13.1 Å². The molecule has 2 heteroatoms. The summed E-state index contributed by atoms with van der Waals surface area (Å²) in [6.07, 6.45) is 3.20. The second kappa shape index (κ2) is 6.33. The molecule has 0 N–H and O–H groups in total. The summed E-state index contributed by atoms with van der Waals surface area (Å²) < 4.78 is 0. The molecule has 1 aromatic carbocycles. The first-order chi connectivity index (χ1) is 9.06. The SMILES string of the molecule is CC(=O)CC(c1ccc(C)cc1)N1CCCC(C)C1. The largest absolute Gasteiger partial charge is 0.300 e. The number of piperidine rings is 1. The predicted octanol–water partition coefficient (Wildman–Crippen LogP) is 3.75. The third-order valence-corrected chi connectivity index (χ3v) is 4.07. The summed E-state index contributed by atoms with van der Waals surface area (Å²) in [6, 6.07) is 8.93. The first-order valence-electron chi connectivity index (χ1n) is 7.36. The lowest BCUT2D eigenvalue weighted by Gasteiger charge is -2.37. The average Bonchev–Trinajstić information content (AvgIpc) is 2.37. The van der Waals surface area contributed by atoms with Crippen molar-refractivity contribution in [3.05, 3.63) is 35.4 Å². The van der Waals surface area contributed by atoms with E-state index in [1.807, 2.05) is 0 Å². The van der Waals surface area contributed by atoms with Crippen LogP contribution in [0.2, 0.25) is 0 Å². The van der Waals surface area contributed by atoms with Crippen LogP contribution in [0.1, 0.15) is 50.3 Å². The summed E-state index contributed by atoms with van der Waals surface area (Å²) in [5.74, 6) is 1.03. The maximum atomic E-state index is 11.6. The van der Waals surface area contributed by atoms with E-state index in [2.05, 4.69) is 43.0 Å². The van der Waals surface area contributed by atoms with Gasteiger partial charge in [0, 0.05) is 19.0 Å². The number of Topliss-reactive ketones (excluding diaryl/α,β-unsaturated/α-hetero) is 1. The van der Waals surface area contributed by atoms with Gasteiger partial charge in [0.05, 0.1) is 0 Å². The second-order valence-corrected chi connectivity index (χ2v) is 6.07. The van der Waals surface area contributed by atoms with Crippen molar-refractivity contribution in [1.82, 2.24) is 4.90 Å². The highest BCUT2D eigenvalue weighted by molar-refractivity contribution is 5.76. The molecule has 0 bridgehead atoms. The van der Waals surface area contributed by atoms with E-state index >= 15 is 0 Å². The molecule has 1 heterocycles. The van der Waals surface area contributed by atoms with Crippen LogP contribution in [0.5, 0.6) is 0 Å². The summed E-state index contributed by atoms with van der Waals surface area (Å²) in [5.41, 5.74) is 2.56. The van der Waals surface area contributed by atoms with Crippen LogP contribution < -0.4 is 0 Å². The molecule has 0 aromatic heterocycles. The first-order valence-corrected chi connectivity index (χ1v) is 7.36. The van der Waals surface area contributed by atoms with Crippen molar-refractivity contribution >= 4 is 5.78 Å². The number of likely N-dealkylation sites (tertiary alicyclic amines) is 1. The molecule has 1 saturated heterocycles. The van der Waals surface area contributed by atoms with Crippen LogP contribution >= 0.6 is 0 Å². The molecule has 0 radical (unpaired) electrons. The Morgan fingerprint density at radius 3 is 2.63 bits per heavy atom. The van der Waals surface area contributed by atoms with E-state index in [0.717, 1.165) is 19.0 Å². The van der Waals surface area contributed by atoms with Crippen molar-refractivity contribution in [3.8, 4) is 0 Å². The topological polar surface area (TPSA) is 20.3 Å². The molecule has 0 spiro atoms. The van der Waals surface area contributed by atoms with E-state index in [0.29, 0.717) is 6.42 Å². The zero-order valence-corrected chi connectivity index (χ0v) is 12.4. The lowest BCUT2D eigenvalue weighted by atomic mass is 9.93. The molecule has 0 saturated carbocycles. The van der Waals surface area contributed by atoms with Gasteiger partial charge in [-0.05, 0) is 44.7 Å². The molecule has 19 heavy (non-hydrogen) atoms. The molecule has 2 atom stereocenters. The van der Waals surface area contributed by atoms with Crippen LogP contribution in [0.3, 0.4) is 0 Å². The number of rotatable bonds is 4.